The maximum Gasteiger partial charge on any atom is 0.409 e. The Balaban J connectivity index is 1.88. The van der Waals surface area contributed by atoms with E-state index in [1.54, 1.807) is 16.7 Å². The Kier molecular flexibility index (Phi) is 5.25. The molecule has 1 aromatic carbocycles. The van der Waals surface area contributed by atoms with E-state index < -0.39 is 0 Å². The molecule has 0 saturated carbocycles. The standard InChI is InChI=1S/C16H23N3O3/c1-4-22-16(21)19-7-5-18(6-8-19)15(20)17-14-10-12(2)9-13(3)11-14/h9-11H,4-8H2,1-3H3,(H,17,20). The fourth-order valence-electron chi connectivity index (χ4n) is 2.56. The Morgan fingerprint density at radius 1 is 1.05 bits per heavy atom. The van der Waals surface area contributed by atoms with Crippen LogP contribution >= 0.6 is 0 Å². The van der Waals surface area contributed by atoms with Crippen LogP contribution in [0, 0.1) is 13.8 Å². The lowest BCUT2D eigenvalue weighted by Gasteiger charge is -2.34. The second kappa shape index (κ2) is 7.15. The maximum atomic E-state index is 12.3. The van der Waals surface area contributed by atoms with Crippen molar-refractivity contribution in [2.24, 2.45) is 0 Å². The van der Waals surface area contributed by atoms with Crippen LogP contribution in [0.2, 0.25) is 0 Å². The van der Waals surface area contributed by atoms with Gasteiger partial charge < -0.3 is 19.9 Å². The number of nitrogens with zero attached hydrogens (tertiary/aromatic N) is 2. The van der Waals surface area contributed by atoms with Gasteiger partial charge >= 0.3 is 12.1 Å². The molecule has 6 heteroatoms. The normalized spacial score (nSPS) is 14.7. The lowest BCUT2D eigenvalue weighted by molar-refractivity contribution is 0.0868. The summed E-state index contributed by atoms with van der Waals surface area (Å²) in [4.78, 5) is 27.2. The number of aryl methyl sites for hydroxylation is 2. The molecule has 1 saturated heterocycles. The summed E-state index contributed by atoms with van der Waals surface area (Å²) in [5.41, 5.74) is 3.03. The summed E-state index contributed by atoms with van der Waals surface area (Å²) in [5.74, 6) is 0. The molecule has 22 heavy (non-hydrogen) atoms. The molecule has 0 spiro atoms. The quantitative estimate of drug-likeness (QED) is 0.913. The van der Waals surface area contributed by atoms with Gasteiger partial charge in [0.2, 0.25) is 0 Å². The van der Waals surface area contributed by atoms with E-state index in [9.17, 15) is 9.59 Å². The summed E-state index contributed by atoms with van der Waals surface area (Å²) < 4.78 is 4.97. The van der Waals surface area contributed by atoms with E-state index in [0.717, 1.165) is 16.8 Å². The van der Waals surface area contributed by atoms with Crippen molar-refractivity contribution in [2.45, 2.75) is 20.8 Å². The molecule has 3 amide bonds. The summed E-state index contributed by atoms with van der Waals surface area (Å²) in [6.45, 7) is 8.17. The number of nitrogens with one attached hydrogen (secondary N) is 1. The Labute approximate surface area is 131 Å². The monoisotopic (exact) mass is 305 g/mol. The van der Waals surface area contributed by atoms with E-state index in [0.29, 0.717) is 32.8 Å². The highest BCUT2D eigenvalue weighted by molar-refractivity contribution is 5.89. The molecule has 0 unspecified atom stereocenters. The van der Waals surface area contributed by atoms with Crippen LogP contribution in [0.25, 0.3) is 0 Å². The first-order valence-corrected chi connectivity index (χ1v) is 7.55. The molecule has 0 aromatic heterocycles. The minimum Gasteiger partial charge on any atom is -0.450 e. The van der Waals surface area contributed by atoms with Gasteiger partial charge in [-0.05, 0) is 44.0 Å². The summed E-state index contributed by atoms with van der Waals surface area (Å²) in [6, 6.07) is 5.82. The minimum absolute atomic E-state index is 0.131. The van der Waals surface area contributed by atoms with Crippen molar-refractivity contribution in [2.75, 3.05) is 38.1 Å². The summed E-state index contributed by atoms with van der Waals surface area (Å²) >= 11 is 0. The van der Waals surface area contributed by atoms with Gasteiger partial charge in [0.05, 0.1) is 6.61 Å². The fraction of sp³-hybridized carbons (Fsp3) is 0.500. The molecule has 1 fully saturated rings. The van der Waals surface area contributed by atoms with Gasteiger partial charge in [-0.15, -0.1) is 0 Å². The smallest absolute Gasteiger partial charge is 0.409 e. The van der Waals surface area contributed by atoms with Crippen molar-refractivity contribution >= 4 is 17.8 Å². The number of amides is 3. The second-order valence-electron chi connectivity index (χ2n) is 5.48. The SMILES string of the molecule is CCOC(=O)N1CCN(C(=O)Nc2cc(C)cc(C)c2)CC1. The molecular formula is C16H23N3O3. The highest BCUT2D eigenvalue weighted by Gasteiger charge is 2.24. The van der Waals surface area contributed by atoms with Gasteiger partial charge in [0.15, 0.2) is 0 Å². The predicted molar refractivity (Wildman–Crippen MR) is 85.1 cm³/mol. The fourth-order valence-corrected chi connectivity index (χ4v) is 2.56. The molecular weight excluding hydrogens is 282 g/mol. The highest BCUT2D eigenvalue weighted by Crippen LogP contribution is 2.15. The number of urea groups is 1. The molecule has 1 N–H and O–H groups in total. The average Bonchev–Trinajstić information content (AvgIpc) is 2.46. The van der Waals surface area contributed by atoms with Crippen molar-refractivity contribution in [1.82, 2.24) is 9.80 Å². The van der Waals surface area contributed by atoms with E-state index in [1.165, 1.54) is 0 Å². The average molecular weight is 305 g/mol. The Bertz CT molecular complexity index is 531. The summed E-state index contributed by atoms with van der Waals surface area (Å²) in [5, 5.41) is 2.91. The number of carbonyl (C=O) groups is 2. The van der Waals surface area contributed by atoms with E-state index in [4.69, 9.17) is 4.74 Å². The first kappa shape index (κ1) is 16.1. The van der Waals surface area contributed by atoms with E-state index in [1.807, 2.05) is 26.0 Å². The predicted octanol–water partition coefficient (Wildman–Crippen LogP) is 2.61. The van der Waals surface area contributed by atoms with Gasteiger partial charge in [-0.25, -0.2) is 9.59 Å². The van der Waals surface area contributed by atoms with Crippen molar-refractivity contribution < 1.29 is 14.3 Å². The zero-order chi connectivity index (χ0) is 16.1. The van der Waals surface area contributed by atoms with Crippen LogP contribution in [0.1, 0.15) is 18.1 Å². The third kappa shape index (κ3) is 4.13. The first-order valence-electron chi connectivity index (χ1n) is 7.55. The molecule has 1 aromatic rings. The van der Waals surface area contributed by atoms with Crippen LogP contribution < -0.4 is 5.32 Å². The van der Waals surface area contributed by atoms with Crippen molar-refractivity contribution in [3.05, 3.63) is 29.3 Å². The van der Waals surface area contributed by atoms with Crippen molar-refractivity contribution in [1.29, 1.82) is 0 Å². The van der Waals surface area contributed by atoms with Crippen LogP contribution in [-0.4, -0.2) is 54.7 Å². The van der Waals surface area contributed by atoms with Gasteiger partial charge in [0, 0.05) is 31.9 Å². The topological polar surface area (TPSA) is 61.9 Å². The Morgan fingerprint density at radius 3 is 2.14 bits per heavy atom. The molecule has 1 aliphatic rings. The van der Waals surface area contributed by atoms with Crippen LogP contribution in [0.15, 0.2) is 18.2 Å². The molecule has 0 atom stereocenters. The Morgan fingerprint density at radius 2 is 1.59 bits per heavy atom. The first-order chi connectivity index (χ1) is 10.5. The van der Waals surface area contributed by atoms with Gasteiger partial charge in [0.1, 0.15) is 0 Å². The molecule has 0 bridgehead atoms. The minimum atomic E-state index is -0.308. The van der Waals surface area contributed by atoms with Gasteiger partial charge in [-0.2, -0.15) is 0 Å². The number of hydrogen-bond donors (Lipinski definition) is 1. The zero-order valence-electron chi connectivity index (χ0n) is 13.4. The highest BCUT2D eigenvalue weighted by atomic mass is 16.6. The van der Waals surface area contributed by atoms with E-state index in [-0.39, 0.29) is 12.1 Å². The number of benzene rings is 1. The molecule has 1 heterocycles. The van der Waals surface area contributed by atoms with Gasteiger partial charge in [-0.3, -0.25) is 0 Å². The van der Waals surface area contributed by atoms with Crippen LogP contribution in [-0.2, 0) is 4.74 Å². The molecule has 2 rings (SSSR count). The summed E-state index contributed by atoms with van der Waals surface area (Å²) in [6.07, 6.45) is -0.308. The van der Waals surface area contributed by atoms with Crippen molar-refractivity contribution in [3.8, 4) is 0 Å². The van der Waals surface area contributed by atoms with Crippen LogP contribution in [0.3, 0.4) is 0 Å². The van der Waals surface area contributed by atoms with Crippen LogP contribution in [0.5, 0.6) is 0 Å². The number of carbonyl (C=O) groups excluding carboxylic acids is 2. The second-order valence-corrected chi connectivity index (χ2v) is 5.48. The lowest BCUT2D eigenvalue weighted by atomic mass is 10.1. The number of rotatable bonds is 2. The molecule has 120 valence electrons. The van der Waals surface area contributed by atoms with Crippen molar-refractivity contribution in [3.63, 3.8) is 0 Å². The number of ether oxygens (including phenoxy) is 1. The Hall–Kier alpha value is -2.24. The number of anilines is 1. The van der Waals surface area contributed by atoms with E-state index in [2.05, 4.69) is 11.4 Å². The summed E-state index contributed by atoms with van der Waals surface area (Å²) in [7, 11) is 0. The molecule has 1 aliphatic heterocycles. The third-order valence-corrected chi connectivity index (χ3v) is 3.57. The molecule has 0 radical (unpaired) electrons. The van der Waals surface area contributed by atoms with E-state index >= 15 is 0 Å². The molecule has 6 nitrogen and oxygen atoms in total. The third-order valence-electron chi connectivity index (χ3n) is 3.57. The number of piperazine rings is 1. The number of hydrogen-bond acceptors (Lipinski definition) is 3. The zero-order valence-corrected chi connectivity index (χ0v) is 13.4. The lowest BCUT2D eigenvalue weighted by Crippen LogP contribution is -2.51. The maximum absolute atomic E-state index is 12.3. The van der Waals surface area contributed by atoms with Crippen LogP contribution in [0.4, 0.5) is 15.3 Å². The largest absolute Gasteiger partial charge is 0.450 e. The van der Waals surface area contributed by atoms with Gasteiger partial charge in [-0.1, -0.05) is 6.07 Å². The molecule has 0 aliphatic carbocycles. The van der Waals surface area contributed by atoms with Gasteiger partial charge in [0.25, 0.3) is 0 Å².